The molecule has 3 nitrogen and oxygen atoms in total. The molecule has 16 heavy (non-hydrogen) atoms. The molecule has 0 bridgehead atoms. The summed E-state index contributed by atoms with van der Waals surface area (Å²) in [6.07, 6.45) is 0.972. The standard InChI is InChI=1S/C10H11F2IN2O/c11-6-3-7(15-4-6)5-16-9-8(13)1-2-14-10(9)12/h1-2,6-7,15H,3-5H2/t6-,7-/m0/s1. The van der Waals surface area contributed by atoms with Gasteiger partial charge in [-0.2, -0.15) is 4.39 Å². The van der Waals surface area contributed by atoms with Gasteiger partial charge in [-0.05, 0) is 35.1 Å². The molecule has 1 N–H and O–H groups in total. The fourth-order valence-corrected chi connectivity index (χ4v) is 2.15. The van der Waals surface area contributed by atoms with E-state index in [1.54, 1.807) is 6.07 Å². The van der Waals surface area contributed by atoms with Crippen LogP contribution in [-0.4, -0.2) is 30.3 Å². The highest BCUT2D eigenvalue weighted by atomic mass is 127. The first-order valence-corrected chi connectivity index (χ1v) is 6.05. The number of rotatable bonds is 3. The Kier molecular flexibility index (Phi) is 3.91. The van der Waals surface area contributed by atoms with Crippen LogP contribution in [0.2, 0.25) is 0 Å². The van der Waals surface area contributed by atoms with Crippen LogP contribution >= 0.6 is 22.6 Å². The van der Waals surface area contributed by atoms with E-state index in [4.69, 9.17) is 4.74 Å². The third-order valence-corrected chi connectivity index (χ3v) is 3.26. The average Bonchev–Trinajstić information content (AvgIpc) is 2.63. The Hall–Kier alpha value is -0.500. The third kappa shape index (κ3) is 2.79. The van der Waals surface area contributed by atoms with Crippen LogP contribution < -0.4 is 10.1 Å². The summed E-state index contributed by atoms with van der Waals surface area (Å²) >= 11 is 1.98. The molecule has 1 saturated heterocycles. The Labute approximate surface area is 106 Å². The van der Waals surface area contributed by atoms with Gasteiger partial charge < -0.3 is 10.1 Å². The van der Waals surface area contributed by atoms with E-state index in [0.29, 0.717) is 16.5 Å². The lowest BCUT2D eigenvalue weighted by Crippen LogP contribution is -2.28. The molecule has 0 saturated carbocycles. The summed E-state index contributed by atoms with van der Waals surface area (Å²) < 4.78 is 32.1. The van der Waals surface area contributed by atoms with Crippen molar-refractivity contribution >= 4 is 22.6 Å². The second-order valence-corrected chi connectivity index (χ2v) is 4.82. The van der Waals surface area contributed by atoms with Crippen molar-refractivity contribution in [1.29, 1.82) is 0 Å². The monoisotopic (exact) mass is 340 g/mol. The quantitative estimate of drug-likeness (QED) is 0.674. The fourth-order valence-electron chi connectivity index (χ4n) is 1.61. The van der Waals surface area contributed by atoms with Crippen LogP contribution in [0.1, 0.15) is 6.42 Å². The van der Waals surface area contributed by atoms with E-state index in [1.165, 1.54) is 6.20 Å². The molecule has 1 fully saturated rings. The van der Waals surface area contributed by atoms with Gasteiger partial charge in [0.2, 0.25) is 0 Å². The van der Waals surface area contributed by atoms with Crippen molar-refractivity contribution in [3.8, 4) is 5.75 Å². The van der Waals surface area contributed by atoms with Gasteiger partial charge in [0.15, 0.2) is 5.75 Å². The van der Waals surface area contributed by atoms with E-state index in [2.05, 4.69) is 10.3 Å². The highest BCUT2D eigenvalue weighted by Crippen LogP contribution is 2.23. The van der Waals surface area contributed by atoms with E-state index < -0.39 is 12.1 Å². The number of nitrogens with zero attached hydrogens (tertiary/aromatic N) is 1. The van der Waals surface area contributed by atoms with Crippen LogP contribution in [0.15, 0.2) is 12.3 Å². The summed E-state index contributed by atoms with van der Waals surface area (Å²) in [6.45, 7) is 0.611. The minimum absolute atomic E-state index is 0.0505. The lowest BCUT2D eigenvalue weighted by molar-refractivity contribution is 0.253. The molecule has 1 aromatic heterocycles. The van der Waals surface area contributed by atoms with Crippen molar-refractivity contribution in [3.05, 3.63) is 21.8 Å². The Bertz CT molecular complexity index is 358. The first kappa shape index (κ1) is 12.0. The molecule has 0 radical (unpaired) electrons. The molecule has 0 unspecified atom stereocenters. The predicted octanol–water partition coefficient (Wildman–Crippen LogP) is 1.90. The van der Waals surface area contributed by atoms with Gasteiger partial charge in [-0.25, -0.2) is 9.37 Å². The summed E-state index contributed by atoms with van der Waals surface area (Å²) in [5, 5.41) is 2.97. The molecule has 0 aliphatic carbocycles. The normalized spacial score (nSPS) is 24.7. The van der Waals surface area contributed by atoms with Gasteiger partial charge in [-0.1, -0.05) is 0 Å². The minimum Gasteiger partial charge on any atom is -0.486 e. The van der Waals surface area contributed by atoms with E-state index in [1.807, 2.05) is 22.6 Å². The topological polar surface area (TPSA) is 34.1 Å². The van der Waals surface area contributed by atoms with Crippen molar-refractivity contribution in [2.24, 2.45) is 0 Å². The fraction of sp³-hybridized carbons (Fsp3) is 0.500. The number of pyridine rings is 1. The molecule has 2 heterocycles. The van der Waals surface area contributed by atoms with Crippen LogP contribution in [0.4, 0.5) is 8.78 Å². The molecule has 1 aliphatic rings. The number of nitrogens with one attached hydrogen (secondary N) is 1. The van der Waals surface area contributed by atoms with Crippen LogP contribution in [0, 0.1) is 9.52 Å². The minimum atomic E-state index is -0.827. The van der Waals surface area contributed by atoms with Crippen molar-refractivity contribution in [2.75, 3.05) is 13.2 Å². The van der Waals surface area contributed by atoms with Crippen LogP contribution in [-0.2, 0) is 0 Å². The maximum absolute atomic E-state index is 13.3. The SMILES string of the molecule is Fc1nccc(I)c1OC[C@@H]1C[C@H](F)CN1. The molecular weight excluding hydrogens is 329 g/mol. The zero-order valence-electron chi connectivity index (χ0n) is 8.42. The lowest BCUT2D eigenvalue weighted by atomic mass is 10.2. The molecule has 2 rings (SSSR count). The molecule has 0 spiro atoms. The highest BCUT2D eigenvalue weighted by Gasteiger charge is 2.24. The number of halogens is 3. The van der Waals surface area contributed by atoms with Gasteiger partial charge in [0.25, 0.3) is 5.95 Å². The number of aromatic nitrogens is 1. The molecule has 0 amide bonds. The second-order valence-electron chi connectivity index (χ2n) is 3.66. The summed E-state index contributed by atoms with van der Waals surface area (Å²) in [7, 11) is 0. The largest absolute Gasteiger partial charge is 0.486 e. The zero-order chi connectivity index (χ0) is 11.5. The number of hydrogen-bond donors (Lipinski definition) is 1. The van der Waals surface area contributed by atoms with Crippen molar-refractivity contribution in [2.45, 2.75) is 18.6 Å². The maximum atomic E-state index is 13.3. The predicted molar refractivity (Wildman–Crippen MR) is 63.7 cm³/mol. The summed E-state index contributed by atoms with van der Waals surface area (Å²) in [5.41, 5.74) is 0. The summed E-state index contributed by atoms with van der Waals surface area (Å²) in [6, 6.07) is 1.62. The van der Waals surface area contributed by atoms with Gasteiger partial charge >= 0.3 is 0 Å². The molecule has 2 atom stereocenters. The van der Waals surface area contributed by atoms with Crippen molar-refractivity contribution < 1.29 is 13.5 Å². The van der Waals surface area contributed by atoms with Gasteiger partial charge in [0.1, 0.15) is 12.8 Å². The van der Waals surface area contributed by atoms with Gasteiger partial charge in [-0.15, -0.1) is 0 Å². The molecule has 1 aliphatic heterocycles. The maximum Gasteiger partial charge on any atom is 0.256 e. The first-order valence-electron chi connectivity index (χ1n) is 4.97. The smallest absolute Gasteiger partial charge is 0.256 e. The summed E-state index contributed by atoms with van der Waals surface area (Å²) in [5.74, 6) is -0.478. The Morgan fingerprint density at radius 1 is 1.62 bits per heavy atom. The van der Waals surface area contributed by atoms with E-state index in [-0.39, 0.29) is 18.4 Å². The number of ether oxygens (including phenoxy) is 1. The summed E-state index contributed by atoms with van der Waals surface area (Å²) in [4.78, 5) is 3.51. The molecule has 0 aromatic carbocycles. The molecule has 6 heteroatoms. The van der Waals surface area contributed by atoms with Crippen molar-refractivity contribution in [1.82, 2.24) is 10.3 Å². The zero-order valence-corrected chi connectivity index (χ0v) is 10.6. The van der Waals surface area contributed by atoms with Crippen LogP contribution in [0.3, 0.4) is 0 Å². The first-order chi connectivity index (χ1) is 7.66. The van der Waals surface area contributed by atoms with Crippen LogP contribution in [0.25, 0.3) is 0 Å². The van der Waals surface area contributed by atoms with Gasteiger partial charge in [0.05, 0.1) is 3.57 Å². The Morgan fingerprint density at radius 2 is 2.44 bits per heavy atom. The van der Waals surface area contributed by atoms with Gasteiger partial charge in [0, 0.05) is 18.8 Å². The van der Waals surface area contributed by atoms with Gasteiger partial charge in [-0.3, -0.25) is 0 Å². The second kappa shape index (κ2) is 5.22. The third-order valence-electron chi connectivity index (χ3n) is 2.41. The van der Waals surface area contributed by atoms with E-state index >= 15 is 0 Å². The number of alkyl halides is 1. The highest BCUT2D eigenvalue weighted by molar-refractivity contribution is 14.1. The molecule has 1 aromatic rings. The Morgan fingerprint density at radius 3 is 3.06 bits per heavy atom. The molecular formula is C10H11F2IN2O. The lowest BCUT2D eigenvalue weighted by Gasteiger charge is -2.12. The number of hydrogen-bond acceptors (Lipinski definition) is 3. The van der Waals surface area contributed by atoms with Crippen LogP contribution in [0.5, 0.6) is 5.75 Å². The Balaban J connectivity index is 1.94. The molecule has 88 valence electrons. The van der Waals surface area contributed by atoms with Crippen molar-refractivity contribution in [3.63, 3.8) is 0 Å². The van der Waals surface area contributed by atoms with E-state index in [0.717, 1.165) is 0 Å². The average molecular weight is 340 g/mol. The van der Waals surface area contributed by atoms with E-state index in [9.17, 15) is 8.78 Å².